The number of carbonyl (C=O) groups is 2. The quantitative estimate of drug-likeness (QED) is 0.436. The maximum absolute atomic E-state index is 13.1. The van der Waals surface area contributed by atoms with Gasteiger partial charge in [0.2, 0.25) is 32.8 Å². The predicted molar refractivity (Wildman–Crippen MR) is 86.8 cm³/mol. The van der Waals surface area contributed by atoms with Crippen LogP contribution in [-0.4, -0.2) is 11.6 Å². The van der Waals surface area contributed by atoms with Gasteiger partial charge < -0.3 is 0 Å². The molecular formula is C16H24N6O2+2. The highest BCUT2D eigenvalue weighted by Crippen LogP contribution is 2.44. The molecule has 0 atom stereocenters. The Morgan fingerprint density at radius 3 is 1.29 bits per heavy atom. The van der Waals surface area contributed by atoms with Gasteiger partial charge in [-0.25, -0.2) is 0 Å². The number of carbonyl (C=O) groups excluding carboxylic acids is 2. The number of nitrogens with one attached hydrogen (secondary N) is 2. The van der Waals surface area contributed by atoms with E-state index < -0.39 is 22.4 Å². The molecule has 1 rings (SSSR count). The average Bonchev–Trinajstić information content (AvgIpc) is 2.52. The van der Waals surface area contributed by atoms with Crippen LogP contribution in [0.15, 0.2) is 32.8 Å². The number of hydrogen-bond acceptors (Lipinski definition) is 6. The van der Waals surface area contributed by atoms with Crippen LogP contribution in [0.4, 0.5) is 0 Å². The van der Waals surface area contributed by atoms with Crippen LogP contribution in [-0.2, 0) is 9.59 Å². The van der Waals surface area contributed by atoms with Crippen molar-refractivity contribution in [1.29, 1.82) is 11.1 Å². The number of hydrogen-bond donors (Lipinski definition) is 2. The maximum Gasteiger partial charge on any atom is 0.220 e. The highest BCUT2D eigenvalue weighted by molar-refractivity contribution is 6.25. The highest BCUT2D eigenvalue weighted by Gasteiger charge is 2.48. The number of Topliss-reactive ketones (excluding diaryl/α,β-unsaturated/α-hetero) is 2. The molecule has 0 aromatic heterocycles. The number of allylic oxidation sites excluding steroid dienone is 2. The molecule has 1 aliphatic carbocycles. The van der Waals surface area contributed by atoms with Crippen LogP contribution in [0, 0.1) is 21.9 Å². The van der Waals surface area contributed by atoms with Crippen molar-refractivity contribution < 1.29 is 9.59 Å². The van der Waals surface area contributed by atoms with Crippen molar-refractivity contribution in [1.82, 2.24) is 9.82 Å². The van der Waals surface area contributed by atoms with E-state index in [9.17, 15) is 9.59 Å². The third kappa shape index (κ3) is 3.20. The summed E-state index contributed by atoms with van der Waals surface area (Å²) in [6.45, 7) is 11.1. The monoisotopic (exact) mass is 332 g/mol. The van der Waals surface area contributed by atoms with Crippen LogP contribution >= 0.6 is 0 Å². The molecule has 0 aliphatic heterocycles. The molecule has 24 heavy (non-hydrogen) atoms. The fraction of sp³-hybridized carbons (Fsp3) is 0.625. The van der Waals surface area contributed by atoms with Gasteiger partial charge in [0.15, 0.2) is 10.2 Å². The molecular weight excluding hydrogens is 308 g/mol. The van der Waals surface area contributed by atoms with E-state index in [0.29, 0.717) is 12.8 Å². The predicted octanol–water partition coefficient (Wildman–Crippen LogP) is 3.62. The molecule has 0 aromatic carbocycles. The van der Waals surface area contributed by atoms with Crippen LogP contribution in [0.25, 0.3) is 0 Å². The first-order valence-corrected chi connectivity index (χ1v) is 7.82. The molecule has 0 unspecified atom stereocenters. The minimum atomic E-state index is -0.652. The van der Waals surface area contributed by atoms with Gasteiger partial charge in [-0.05, 0) is 23.7 Å². The Bertz CT molecular complexity index is 681. The first kappa shape index (κ1) is 19.5. The van der Waals surface area contributed by atoms with E-state index in [0.717, 1.165) is 0 Å². The van der Waals surface area contributed by atoms with Crippen molar-refractivity contribution in [2.24, 2.45) is 21.1 Å². The van der Waals surface area contributed by atoms with Crippen LogP contribution in [0.1, 0.15) is 54.4 Å². The molecule has 0 spiro atoms. The summed E-state index contributed by atoms with van der Waals surface area (Å²) in [4.78, 5) is 32.1. The molecule has 0 bridgehead atoms. The molecule has 0 radical (unpaired) electrons. The summed E-state index contributed by atoms with van der Waals surface area (Å²) in [5.74, 6) is -0.951. The van der Waals surface area contributed by atoms with Gasteiger partial charge in [-0.1, -0.05) is 41.5 Å². The summed E-state index contributed by atoms with van der Waals surface area (Å²) >= 11 is 0. The first-order chi connectivity index (χ1) is 11.1. The third-order valence-corrected chi connectivity index (χ3v) is 4.78. The number of nitrogens with zero attached hydrogens (tertiary/aromatic N) is 4. The van der Waals surface area contributed by atoms with Gasteiger partial charge in [-0.15, -0.1) is 0 Å². The molecule has 0 saturated heterocycles. The molecule has 0 aromatic rings. The SMILES string of the molecule is CCC(C)(C)C1=C(N=[N+]=N)C(=O)C(C(C)(C)CC)=C(N=[N+]=N)C1=O. The summed E-state index contributed by atoms with van der Waals surface area (Å²) in [5.41, 5.74) is 12.9. The smallest absolute Gasteiger partial charge is 0.220 e. The fourth-order valence-electron chi connectivity index (χ4n) is 2.58. The van der Waals surface area contributed by atoms with Gasteiger partial charge in [0, 0.05) is 11.1 Å². The van der Waals surface area contributed by atoms with E-state index in [1.807, 2.05) is 41.5 Å². The van der Waals surface area contributed by atoms with Crippen molar-refractivity contribution in [3.63, 3.8) is 0 Å². The Morgan fingerprint density at radius 1 is 0.792 bits per heavy atom. The zero-order valence-corrected chi connectivity index (χ0v) is 15.0. The lowest BCUT2D eigenvalue weighted by molar-refractivity contribution is -0.118. The molecule has 0 fully saturated rings. The zero-order valence-electron chi connectivity index (χ0n) is 15.0. The fourth-order valence-corrected chi connectivity index (χ4v) is 2.58. The van der Waals surface area contributed by atoms with Gasteiger partial charge in [-0.3, -0.25) is 9.59 Å². The summed E-state index contributed by atoms with van der Waals surface area (Å²) in [6, 6.07) is 0. The standard InChI is InChI=1S/C16H24N6O2/c1-7-15(3,4)9-11(19-21-17)14(24)10(16(5,6)8-2)12(13(9)23)20-22-18/h17-18H,7-8H2,1-6H3/q+2. The highest BCUT2D eigenvalue weighted by atomic mass is 16.1. The van der Waals surface area contributed by atoms with Gasteiger partial charge >= 0.3 is 0 Å². The lowest BCUT2D eigenvalue weighted by Gasteiger charge is -2.32. The molecule has 0 heterocycles. The van der Waals surface area contributed by atoms with Gasteiger partial charge in [-0.2, -0.15) is 0 Å². The van der Waals surface area contributed by atoms with Gasteiger partial charge in [0.1, 0.15) is 11.1 Å². The lowest BCUT2D eigenvalue weighted by atomic mass is 9.69. The van der Waals surface area contributed by atoms with Crippen LogP contribution in [0.2, 0.25) is 0 Å². The van der Waals surface area contributed by atoms with Crippen molar-refractivity contribution in [3.05, 3.63) is 22.5 Å². The lowest BCUT2D eigenvalue weighted by Crippen LogP contribution is -2.35. The van der Waals surface area contributed by atoms with Crippen LogP contribution in [0.3, 0.4) is 0 Å². The topological polar surface area (TPSA) is 135 Å². The molecule has 128 valence electrons. The summed E-state index contributed by atoms with van der Waals surface area (Å²) in [5, 5.41) is 7.30. The molecule has 2 N–H and O–H groups in total. The Kier molecular flexibility index (Phi) is 5.61. The van der Waals surface area contributed by atoms with Crippen molar-refractivity contribution in [2.75, 3.05) is 0 Å². The number of ketones is 2. The van der Waals surface area contributed by atoms with Gasteiger partial charge in [0.25, 0.3) is 0 Å². The normalized spacial score (nSPS) is 16.1. The Labute approximate surface area is 140 Å². The van der Waals surface area contributed by atoms with E-state index >= 15 is 0 Å². The molecule has 8 nitrogen and oxygen atoms in total. The van der Waals surface area contributed by atoms with Crippen molar-refractivity contribution >= 4 is 11.6 Å². The second-order valence-electron chi connectivity index (χ2n) is 6.98. The zero-order chi connectivity index (χ0) is 18.7. The van der Waals surface area contributed by atoms with E-state index in [-0.39, 0.29) is 22.5 Å². The Hall–Kier alpha value is -2.56. The van der Waals surface area contributed by atoms with Gasteiger partial charge in [0.05, 0.1) is 0 Å². The minimum Gasteiger partial charge on any atom is -0.287 e. The third-order valence-electron chi connectivity index (χ3n) is 4.78. The second-order valence-corrected chi connectivity index (χ2v) is 6.98. The van der Waals surface area contributed by atoms with E-state index in [2.05, 4.69) is 20.1 Å². The molecule has 0 saturated carbocycles. The average molecular weight is 332 g/mol. The molecule has 0 amide bonds. The van der Waals surface area contributed by atoms with E-state index in [4.69, 9.17) is 11.1 Å². The minimum absolute atomic E-state index is 0.109. The van der Waals surface area contributed by atoms with E-state index in [1.165, 1.54) is 0 Å². The van der Waals surface area contributed by atoms with Crippen LogP contribution < -0.4 is 9.82 Å². The second kappa shape index (κ2) is 6.91. The largest absolute Gasteiger partial charge is 0.287 e. The first-order valence-electron chi connectivity index (χ1n) is 7.82. The summed E-state index contributed by atoms with van der Waals surface area (Å²) in [6.07, 6.45) is 1.16. The molecule has 1 aliphatic rings. The van der Waals surface area contributed by atoms with Crippen molar-refractivity contribution in [3.8, 4) is 0 Å². The van der Waals surface area contributed by atoms with E-state index in [1.54, 1.807) is 0 Å². The maximum atomic E-state index is 13.1. The summed E-state index contributed by atoms with van der Waals surface area (Å²) in [7, 11) is 0. The Morgan fingerprint density at radius 2 is 1.08 bits per heavy atom. The number of rotatable bonds is 6. The summed E-state index contributed by atoms with van der Waals surface area (Å²) < 4.78 is 0. The van der Waals surface area contributed by atoms with Crippen LogP contribution in [0.5, 0.6) is 0 Å². The van der Waals surface area contributed by atoms with Crippen molar-refractivity contribution in [2.45, 2.75) is 54.4 Å². The molecule has 8 heteroatoms. The Balaban J connectivity index is 3.91.